The molecule has 0 spiro atoms. The lowest BCUT2D eigenvalue weighted by atomic mass is 9.95. The van der Waals surface area contributed by atoms with Gasteiger partial charge in [-0.3, -0.25) is 4.90 Å². The van der Waals surface area contributed by atoms with Crippen LogP contribution in [0, 0.1) is 5.82 Å². The summed E-state index contributed by atoms with van der Waals surface area (Å²) in [5.41, 5.74) is 5.89. The van der Waals surface area contributed by atoms with Crippen molar-refractivity contribution in [1.82, 2.24) is 4.90 Å². The van der Waals surface area contributed by atoms with Crippen molar-refractivity contribution < 1.29 is 9.13 Å². The molecule has 1 aromatic carbocycles. The van der Waals surface area contributed by atoms with Crippen LogP contribution in [-0.4, -0.2) is 35.7 Å². The lowest BCUT2D eigenvalue weighted by Gasteiger charge is -2.49. The Balaban J connectivity index is 2.34. The van der Waals surface area contributed by atoms with Gasteiger partial charge in [-0.2, -0.15) is 0 Å². The Morgan fingerprint density at radius 3 is 2.38 bits per heavy atom. The summed E-state index contributed by atoms with van der Waals surface area (Å²) >= 11 is 6.02. The first-order chi connectivity index (χ1) is 9.63. The van der Waals surface area contributed by atoms with Crippen molar-refractivity contribution in [1.29, 1.82) is 0 Å². The molecule has 2 N–H and O–H groups in total. The van der Waals surface area contributed by atoms with Crippen LogP contribution >= 0.6 is 11.6 Å². The second-order valence-corrected chi connectivity index (χ2v) is 7.38. The minimum atomic E-state index is -0.301. The maximum atomic E-state index is 14.2. The molecule has 0 aliphatic carbocycles. The highest BCUT2D eigenvalue weighted by atomic mass is 35.5. The number of benzene rings is 1. The molecule has 0 saturated carbocycles. The first-order valence-electron chi connectivity index (χ1n) is 7.23. The topological polar surface area (TPSA) is 38.5 Å². The van der Waals surface area contributed by atoms with Gasteiger partial charge in [-0.25, -0.2) is 4.39 Å². The highest BCUT2D eigenvalue weighted by Gasteiger charge is 2.41. The summed E-state index contributed by atoms with van der Waals surface area (Å²) in [5.74, 6) is -0.267. The fourth-order valence-electron chi connectivity index (χ4n) is 3.31. The molecule has 0 amide bonds. The van der Waals surface area contributed by atoms with Gasteiger partial charge >= 0.3 is 0 Å². The number of morpholine rings is 1. The largest absolute Gasteiger partial charge is 0.367 e. The van der Waals surface area contributed by atoms with Gasteiger partial charge in [0.1, 0.15) is 5.82 Å². The third-order valence-corrected chi connectivity index (χ3v) is 3.94. The third-order valence-electron chi connectivity index (χ3n) is 3.70. The minimum Gasteiger partial charge on any atom is -0.367 e. The van der Waals surface area contributed by atoms with E-state index in [1.807, 2.05) is 27.7 Å². The number of nitrogens with zero attached hydrogens (tertiary/aromatic N) is 1. The van der Waals surface area contributed by atoms with Crippen LogP contribution in [0.2, 0.25) is 5.02 Å². The van der Waals surface area contributed by atoms with Crippen LogP contribution in [0.1, 0.15) is 39.3 Å². The van der Waals surface area contributed by atoms with Gasteiger partial charge in [0, 0.05) is 30.2 Å². The van der Waals surface area contributed by atoms with Gasteiger partial charge in [-0.1, -0.05) is 11.6 Å². The van der Waals surface area contributed by atoms with Crippen molar-refractivity contribution in [2.75, 3.05) is 19.6 Å². The normalized spacial score (nSPS) is 23.0. The molecule has 118 valence electrons. The number of hydrogen-bond donors (Lipinski definition) is 1. The van der Waals surface area contributed by atoms with Gasteiger partial charge in [0.2, 0.25) is 0 Å². The van der Waals surface area contributed by atoms with E-state index in [0.29, 0.717) is 30.2 Å². The number of rotatable bonds is 3. The van der Waals surface area contributed by atoms with Gasteiger partial charge in [-0.15, -0.1) is 0 Å². The monoisotopic (exact) mass is 314 g/mol. The summed E-state index contributed by atoms with van der Waals surface area (Å²) in [6.45, 7) is 9.91. The lowest BCUT2D eigenvalue weighted by molar-refractivity contribution is -0.187. The molecular formula is C16H24ClFN2O. The predicted octanol–water partition coefficient (Wildman–Crippen LogP) is 3.37. The summed E-state index contributed by atoms with van der Waals surface area (Å²) in [7, 11) is 0. The van der Waals surface area contributed by atoms with Gasteiger partial charge < -0.3 is 10.5 Å². The highest BCUT2D eigenvalue weighted by Crippen LogP contribution is 2.34. The minimum absolute atomic E-state index is 0.203. The summed E-state index contributed by atoms with van der Waals surface area (Å²) in [6.07, 6.45) is 0. The number of ether oxygens (including phenoxy) is 1. The molecule has 21 heavy (non-hydrogen) atoms. The zero-order valence-electron chi connectivity index (χ0n) is 13.1. The molecule has 2 rings (SSSR count). The molecule has 0 radical (unpaired) electrons. The molecule has 5 heteroatoms. The average Bonchev–Trinajstić information content (AvgIpc) is 2.30. The van der Waals surface area contributed by atoms with Crippen LogP contribution in [0.15, 0.2) is 18.2 Å². The van der Waals surface area contributed by atoms with Crippen molar-refractivity contribution >= 4 is 11.6 Å². The van der Waals surface area contributed by atoms with Crippen molar-refractivity contribution in [3.63, 3.8) is 0 Å². The standard InChI is InChI=1S/C16H24ClFN2O/c1-15(2)9-20(10-16(3,4)21-15)14(8-19)12-7-11(17)5-6-13(12)18/h5-7,14H,8-10,19H2,1-4H3. The van der Waals surface area contributed by atoms with E-state index in [4.69, 9.17) is 22.1 Å². The molecule has 1 atom stereocenters. The van der Waals surface area contributed by atoms with Crippen LogP contribution < -0.4 is 5.73 Å². The van der Waals surface area contributed by atoms with Crippen LogP contribution in [-0.2, 0) is 4.74 Å². The van der Waals surface area contributed by atoms with Crippen molar-refractivity contribution in [2.24, 2.45) is 5.73 Å². The lowest BCUT2D eigenvalue weighted by Crippen LogP contribution is -2.58. The third kappa shape index (κ3) is 3.95. The molecule has 1 aliphatic rings. The smallest absolute Gasteiger partial charge is 0.128 e. The first kappa shape index (κ1) is 16.7. The van der Waals surface area contributed by atoms with Gasteiger partial charge in [-0.05, 0) is 45.9 Å². The van der Waals surface area contributed by atoms with E-state index in [2.05, 4.69) is 4.90 Å². The van der Waals surface area contributed by atoms with Crippen molar-refractivity contribution in [3.05, 3.63) is 34.6 Å². The van der Waals surface area contributed by atoms with Crippen LogP contribution in [0.5, 0.6) is 0 Å². The molecular weight excluding hydrogens is 291 g/mol. The van der Waals surface area contributed by atoms with E-state index in [9.17, 15) is 4.39 Å². The van der Waals surface area contributed by atoms with Crippen molar-refractivity contribution in [2.45, 2.75) is 44.9 Å². The molecule has 1 saturated heterocycles. The Morgan fingerprint density at radius 2 is 1.86 bits per heavy atom. The fraction of sp³-hybridized carbons (Fsp3) is 0.625. The average molecular weight is 315 g/mol. The quantitative estimate of drug-likeness (QED) is 0.929. The molecule has 1 heterocycles. The SMILES string of the molecule is CC1(C)CN(C(CN)c2cc(Cl)ccc2F)CC(C)(C)O1. The Labute approximate surface area is 131 Å². The van der Waals surface area contributed by atoms with Crippen LogP contribution in [0.3, 0.4) is 0 Å². The fourth-order valence-corrected chi connectivity index (χ4v) is 3.49. The number of hydrogen-bond acceptors (Lipinski definition) is 3. The molecule has 1 aromatic rings. The van der Waals surface area contributed by atoms with Crippen molar-refractivity contribution in [3.8, 4) is 0 Å². The van der Waals surface area contributed by atoms with E-state index >= 15 is 0 Å². The van der Waals surface area contributed by atoms with Gasteiger partial charge in [0.25, 0.3) is 0 Å². The zero-order chi connectivity index (χ0) is 15.8. The Kier molecular flexibility index (Phi) is 4.64. The van der Waals surface area contributed by atoms with Gasteiger partial charge in [0.15, 0.2) is 0 Å². The zero-order valence-corrected chi connectivity index (χ0v) is 13.9. The number of halogens is 2. The van der Waals surface area contributed by atoms with Crippen LogP contribution in [0.25, 0.3) is 0 Å². The summed E-state index contributed by atoms with van der Waals surface area (Å²) in [4.78, 5) is 2.19. The maximum Gasteiger partial charge on any atom is 0.128 e. The van der Waals surface area contributed by atoms with Crippen LogP contribution in [0.4, 0.5) is 4.39 Å². The van der Waals surface area contributed by atoms with E-state index in [1.54, 1.807) is 12.1 Å². The predicted molar refractivity (Wildman–Crippen MR) is 84.0 cm³/mol. The van der Waals surface area contributed by atoms with Gasteiger partial charge in [0.05, 0.1) is 17.2 Å². The Bertz CT molecular complexity index is 503. The first-order valence-corrected chi connectivity index (χ1v) is 7.61. The highest BCUT2D eigenvalue weighted by molar-refractivity contribution is 6.30. The van der Waals surface area contributed by atoms with E-state index in [0.717, 1.165) is 0 Å². The summed E-state index contributed by atoms with van der Waals surface area (Å²) in [6, 6.07) is 4.42. The van der Waals surface area contributed by atoms with E-state index < -0.39 is 0 Å². The van der Waals surface area contributed by atoms with E-state index in [1.165, 1.54) is 6.07 Å². The molecule has 1 unspecified atom stereocenters. The second kappa shape index (κ2) is 5.84. The number of nitrogens with two attached hydrogens (primary N) is 1. The molecule has 1 fully saturated rings. The molecule has 0 aromatic heterocycles. The summed E-state index contributed by atoms with van der Waals surface area (Å²) < 4.78 is 20.2. The summed E-state index contributed by atoms with van der Waals surface area (Å²) in [5, 5.41) is 0.525. The molecule has 3 nitrogen and oxygen atoms in total. The Hall–Kier alpha value is -0.680. The second-order valence-electron chi connectivity index (χ2n) is 6.94. The van der Waals surface area contributed by atoms with E-state index in [-0.39, 0.29) is 23.1 Å². The molecule has 1 aliphatic heterocycles. The Morgan fingerprint density at radius 1 is 1.29 bits per heavy atom. The molecule has 0 bridgehead atoms. The maximum absolute atomic E-state index is 14.2.